The van der Waals surface area contributed by atoms with Crippen molar-refractivity contribution in [3.05, 3.63) is 0 Å². The number of nitrogens with one attached hydrogen (secondary N) is 2. The highest BCUT2D eigenvalue weighted by Crippen LogP contribution is 2.57. The molecule has 2 fully saturated rings. The van der Waals surface area contributed by atoms with Crippen LogP contribution in [0.25, 0.3) is 0 Å². The Bertz CT molecular complexity index is 362. The van der Waals surface area contributed by atoms with E-state index in [9.17, 15) is 13.3 Å². The third-order valence-electron chi connectivity index (χ3n) is 4.10. The first-order valence-electron chi connectivity index (χ1n) is 6.77. The Morgan fingerprint density at radius 3 is 2.42 bits per heavy atom. The molecule has 1 spiro atoms. The van der Waals surface area contributed by atoms with E-state index in [1.54, 1.807) is 0 Å². The summed E-state index contributed by atoms with van der Waals surface area (Å²) in [6, 6.07) is -0.0559. The average Bonchev–Trinajstić information content (AvgIpc) is 2.49. The quantitative estimate of drug-likeness (QED) is 0.624. The Morgan fingerprint density at radius 2 is 1.89 bits per heavy atom. The lowest BCUT2D eigenvalue weighted by molar-refractivity contribution is 0.199. The van der Waals surface area contributed by atoms with Gasteiger partial charge < -0.3 is 5.32 Å². The van der Waals surface area contributed by atoms with Crippen molar-refractivity contribution in [1.29, 1.82) is 0 Å². The van der Waals surface area contributed by atoms with Gasteiger partial charge in [0.2, 0.25) is 0 Å². The molecule has 114 valence electrons. The summed E-state index contributed by atoms with van der Waals surface area (Å²) in [6.45, 7) is 7.58. The minimum absolute atomic E-state index is 0.0559. The Balaban J connectivity index is 2.14. The second-order valence-corrected chi connectivity index (χ2v) is 11.0. The summed E-state index contributed by atoms with van der Waals surface area (Å²) >= 11 is 0. The van der Waals surface area contributed by atoms with Crippen molar-refractivity contribution in [2.45, 2.75) is 44.4 Å². The van der Waals surface area contributed by atoms with Crippen LogP contribution < -0.4 is 10.0 Å². The lowest BCUT2D eigenvalue weighted by Crippen LogP contribution is -2.52. The molecule has 5 nitrogen and oxygen atoms in total. The SMILES string of the molecule is CC(C)(C)S(=O)N[C@@H]1CS(O)(O)CC12CCNCC2. The molecule has 7 heteroatoms. The molecule has 0 aromatic rings. The van der Waals surface area contributed by atoms with Gasteiger partial charge in [-0.15, -0.1) is 0 Å². The molecular weight excluding hydrogens is 284 g/mol. The van der Waals surface area contributed by atoms with Crippen molar-refractivity contribution in [2.24, 2.45) is 5.41 Å². The van der Waals surface area contributed by atoms with Crippen molar-refractivity contribution in [3.8, 4) is 0 Å². The van der Waals surface area contributed by atoms with Gasteiger partial charge in [0, 0.05) is 17.2 Å². The third-order valence-corrected chi connectivity index (χ3v) is 7.61. The Morgan fingerprint density at radius 1 is 1.32 bits per heavy atom. The zero-order valence-electron chi connectivity index (χ0n) is 11.9. The lowest BCUT2D eigenvalue weighted by atomic mass is 9.76. The highest BCUT2D eigenvalue weighted by atomic mass is 32.3. The van der Waals surface area contributed by atoms with Gasteiger partial charge in [-0.2, -0.15) is 10.6 Å². The summed E-state index contributed by atoms with van der Waals surface area (Å²) in [5.41, 5.74) is -0.106. The summed E-state index contributed by atoms with van der Waals surface area (Å²) < 4.78 is 35.3. The zero-order chi connectivity index (χ0) is 14.3. The predicted octanol–water partition coefficient (Wildman–Crippen LogP) is 1.54. The van der Waals surface area contributed by atoms with Crippen molar-refractivity contribution in [1.82, 2.24) is 10.0 Å². The predicted molar refractivity (Wildman–Crippen MR) is 81.9 cm³/mol. The van der Waals surface area contributed by atoms with E-state index in [2.05, 4.69) is 10.0 Å². The molecule has 1 unspecified atom stereocenters. The van der Waals surface area contributed by atoms with Gasteiger partial charge in [0.1, 0.15) is 0 Å². The van der Waals surface area contributed by atoms with Gasteiger partial charge in [0.25, 0.3) is 0 Å². The molecule has 2 rings (SSSR count). The van der Waals surface area contributed by atoms with Crippen LogP contribution in [-0.4, -0.2) is 48.7 Å². The van der Waals surface area contributed by atoms with Crippen LogP contribution in [0.5, 0.6) is 0 Å². The van der Waals surface area contributed by atoms with Crippen LogP contribution in [0.2, 0.25) is 0 Å². The summed E-state index contributed by atoms with van der Waals surface area (Å²) in [7, 11) is -3.69. The van der Waals surface area contributed by atoms with E-state index in [1.165, 1.54) is 0 Å². The smallest absolute Gasteiger partial charge is 0.0973 e. The highest BCUT2D eigenvalue weighted by Gasteiger charge is 2.51. The van der Waals surface area contributed by atoms with E-state index in [0.717, 1.165) is 25.9 Å². The fourth-order valence-electron chi connectivity index (χ4n) is 2.95. The molecular formula is C12H26N2O3S2. The van der Waals surface area contributed by atoms with Gasteiger partial charge in [0.15, 0.2) is 0 Å². The molecule has 0 aliphatic carbocycles. The van der Waals surface area contributed by atoms with Crippen molar-refractivity contribution in [2.75, 3.05) is 24.6 Å². The van der Waals surface area contributed by atoms with E-state index in [-0.39, 0.29) is 16.2 Å². The van der Waals surface area contributed by atoms with Crippen molar-refractivity contribution < 1.29 is 13.3 Å². The van der Waals surface area contributed by atoms with Gasteiger partial charge in [-0.25, -0.2) is 8.93 Å². The average molecular weight is 310 g/mol. The maximum atomic E-state index is 12.3. The fourth-order valence-corrected chi connectivity index (χ4v) is 6.50. The highest BCUT2D eigenvalue weighted by molar-refractivity contribution is 8.24. The van der Waals surface area contributed by atoms with Gasteiger partial charge in [-0.1, -0.05) is 0 Å². The topological polar surface area (TPSA) is 81.6 Å². The minimum atomic E-state index is -2.52. The Kier molecular flexibility index (Phi) is 4.36. The fraction of sp³-hybridized carbons (Fsp3) is 1.00. The molecule has 2 saturated heterocycles. The monoisotopic (exact) mass is 310 g/mol. The normalized spacial score (nSPS) is 33.2. The molecule has 2 heterocycles. The summed E-state index contributed by atoms with van der Waals surface area (Å²) in [4.78, 5) is 0. The van der Waals surface area contributed by atoms with Crippen LogP contribution >= 0.6 is 10.6 Å². The molecule has 0 amide bonds. The maximum absolute atomic E-state index is 12.3. The van der Waals surface area contributed by atoms with Gasteiger partial charge in [0.05, 0.1) is 21.5 Å². The summed E-state index contributed by atoms with van der Waals surface area (Å²) in [5, 5.41) is 3.31. The largest absolute Gasteiger partial charge is 0.317 e. The van der Waals surface area contributed by atoms with Crippen LogP contribution in [-0.2, 0) is 11.0 Å². The molecule has 0 saturated carbocycles. The number of hydrogen-bond acceptors (Lipinski definition) is 4. The maximum Gasteiger partial charge on any atom is 0.0973 e. The molecule has 2 aliphatic heterocycles. The zero-order valence-corrected chi connectivity index (χ0v) is 13.6. The molecule has 4 N–H and O–H groups in total. The van der Waals surface area contributed by atoms with Crippen LogP contribution in [0.1, 0.15) is 33.6 Å². The van der Waals surface area contributed by atoms with Gasteiger partial charge >= 0.3 is 0 Å². The minimum Gasteiger partial charge on any atom is -0.317 e. The van der Waals surface area contributed by atoms with E-state index in [1.807, 2.05) is 20.8 Å². The van der Waals surface area contributed by atoms with E-state index < -0.39 is 21.6 Å². The lowest BCUT2D eigenvalue weighted by Gasteiger charge is -2.39. The van der Waals surface area contributed by atoms with E-state index in [4.69, 9.17) is 0 Å². The van der Waals surface area contributed by atoms with Gasteiger partial charge in [-0.3, -0.25) is 9.11 Å². The Hall–Kier alpha value is 0.340. The molecule has 0 aromatic carbocycles. The second kappa shape index (κ2) is 5.27. The van der Waals surface area contributed by atoms with Crippen LogP contribution in [0.3, 0.4) is 0 Å². The second-order valence-electron chi connectivity index (χ2n) is 6.78. The van der Waals surface area contributed by atoms with E-state index in [0.29, 0.717) is 11.5 Å². The summed E-state index contributed by atoms with van der Waals surface area (Å²) in [6.07, 6.45) is 1.84. The number of hydrogen-bond donors (Lipinski definition) is 4. The molecule has 0 bridgehead atoms. The van der Waals surface area contributed by atoms with Gasteiger partial charge in [-0.05, 0) is 46.7 Å². The molecule has 0 radical (unpaired) electrons. The number of piperidine rings is 1. The molecule has 2 aliphatic rings. The molecule has 0 aromatic heterocycles. The first-order chi connectivity index (χ1) is 8.65. The van der Waals surface area contributed by atoms with Crippen molar-refractivity contribution in [3.63, 3.8) is 0 Å². The standard InChI is InChI=1S/C12H26N2O3S2/c1-11(2,3)18(15)14-10-8-19(16,17)9-12(10)4-6-13-7-5-12/h10,13-14,16-17H,4-9H2,1-3H3/t10-,18?/m1/s1. The first kappa shape index (κ1) is 15.7. The molecule has 19 heavy (non-hydrogen) atoms. The van der Waals surface area contributed by atoms with Crippen LogP contribution in [0.15, 0.2) is 0 Å². The Labute approximate surface area is 119 Å². The van der Waals surface area contributed by atoms with Crippen LogP contribution in [0, 0.1) is 5.41 Å². The first-order valence-corrected chi connectivity index (χ1v) is 9.81. The van der Waals surface area contributed by atoms with Crippen molar-refractivity contribution >= 4 is 21.6 Å². The summed E-state index contributed by atoms with van der Waals surface area (Å²) in [5.74, 6) is 0.801. The third kappa shape index (κ3) is 3.51. The van der Waals surface area contributed by atoms with Crippen LogP contribution in [0.4, 0.5) is 0 Å². The molecule has 2 atom stereocenters. The number of rotatable bonds is 2. The van der Waals surface area contributed by atoms with E-state index >= 15 is 0 Å².